The molecule has 2 aromatic rings. The molecule has 0 aliphatic rings. The molecule has 1 aromatic carbocycles. The fourth-order valence-electron chi connectivity index (χ4n) is 1.72. The van der Waals surface area contributed by atoms with Gasteiger partial charge in [0.15, 0.2) is 0 Å². The van der Waals surface area contributed by atoms with E-state index in [2.05, 4.69) is 20.9 Å². The molecule has 0 aliphatic heterocycles. The van der Waals surface area contributed by atoms with E-state index >= 15 is 0 Å². The third kappa shape index (κ3) is 2.22. The van der Waals surface area contributed by atoms with E-state index in [1.165, 1.54) is 0 Å². The van der Waals surface area contributed by atoms with Gasteiger partial charge in [-0.05, 0) is 36.8 Å². The first-order valence-electron chi connectivity index (χ1n) is 4.84. The summed E-state index contributed by atoms with van der Waals surface area (Å²) in [5.74, 6) is -0.827. The summed E-state index contributed by atoms with van der Waals surface area (Å²) >= 11 is 3.38. The second kappa shape index (κ2) is 4.22. The number of rotatable bonds is 2. The first-order valence-corrected chi connectivity index (χ1v) is 5.63. The minimum atomic E-state index is -0.827. The third-order valence-electron chi connectivity index (χ3n) is 2.33. The predicted octanol–water partition coefficient (Wildman–Crippen LogP) is 2.93. The van der Waals surface area contributed by atoms with E-state index in [0.717, 1.165) is 26.6 Å². The smallest absolute Gasteiger partial charge is 0.307 e. The number of benzene rings is 1. The molecule has 1 N–H and O–H groups in total. The maximum atomic E-state index is 10.8. The van der Waals surface area contributed by atoms with Crippen molar-refractivity contribution in [2.24, 2.45) is 0 Å². The lowest BCUT2D eigenvalue weighted by Crippen LogP contribution is -2.02. The Kier molecular flexibility index (Phi) is 2.92. The molecule has 2 rings (SSSR count). The molecule has 3 nitrogen and oxygen atoms in total. The van der Waals surface area contributed by atoms with Crippen molar-refractivity contribution in [2.75, 3.05) is 0 Å². The lowest BCUT2D eigenvalue weighted by molar-refractivity contribution is -0.136. The van der Waals surface area contributed by atoms with Crippen LogP contribution >= 0.6 is 15.9 Å². The van der Waals surface area contributed by atoms with Crippen LogP contribution in [0.5, 0.6) is 0 Å². The summed E-state index contributed by atoms with van der Waals surface area (Å²) in [6.45, 7) is 1.87. The van der Waals surface area contributed by atoms with Crippen LogP contribution in [-0.2, 0) is 11.2 Å². The van der Waals surface area contributed by atoms with Gasteiger partial charge in [0.05, 0.1) is 11.9 Å². The average Bonchev–Trinajstić information content (AvgIpc) is 2.18. The van der Waals surface area contributed by atoms with Gasteiger partial charge in [-0.3, -0.25) is 9.78 Å². The van der Waals surface area contributed by atoms with Gasteiger partial charge in [0.2, 0.25) is 0 Å². The van der Waals surface area contributed by atoms with Gasteiger partial charge in [0.25, 0.3) is 0 Å². The number of aromatic nitrogens is 1. The van der Waals surface area contributed by atoms with Crippen LogP contribution < -0.4 is 0 Å². The molecule has 0 aliphatic carbocycles. The van der Waals surface area contributed by atoms with E-state index in [1.54, 1.807) is 0 Å². The van der Waals surface area contributed by atoms with Crippen molar-refractivity contribution in [1.29, 1.82) is 0 Å². The van der Waals surface area contributed by atoms with Crippen molar-refractivity contribution in [3.63, 3.8) is 0 Å². The molecule has 1 heterocycles. The molecule has 1 aromatic heterocycles. The fourth-order valence-corrected chi connectivity index (χ4v) is 2.09. The van der Waals surface area contributed by atoms with E-state index in [4.69, 9.17) is 5.11 Å². The molecule has 4 heteroatoms. The lowest BCUT2D eigenvalue weighted by Gasteiger charge is -2.06. The van der Waals surface area contributed by atoms with E-state index in [9.17, 15) is 4.79 Å². The van der Waals surface area contributed by atoms with Crippen LogP contribution in [0.25, 0.3) is 10.9 Å². The highest BCUT2D eigenvalue weighted by molar-refractivity contribution is 9.10. The molecule has 82 valence electrons. The zero-order valence-corrected chi connectivity index (χ0v) is 10.3. The Morgan fingerprint density at radius 2 is 2.19 bits per heavy atom. The van der Waals surface area contributed by atoms with Gasteiger partial charge in [-0.25, -0.2) is 0 Å². The summed E-state index contributed by atoms with van der Waals surface area (Å²) in [7, 11) is 0. The van der Waals surface area contributed by atoms with Gasteiger partial charge >= 0.3 is 5.97 Å². The first kappa shape index (κ1) is 11.1. The summed E-state index contributed by atoms with van der Waals surface area (Å²) in [6.07, 6.45) is 0.0241. The van der Waals surface area contributed by atoms with Crippen molar-refractivity contribution in [1.82, 2.24) is 4.98 Å². The minimum Gasteiger partial charge on any atom is -0.481 e. The Morgan fingerprint density at radius 3 is 2.88 bits per heavy atom. The number of pyridine rings is 1. The summed E-state index contributed by atoms with van der Waals surface area (Å²) < 4.78 is 0.928. The van der Waals surface area contributed by atoms with Crippen molar-refractivity contribution in [2.45, 2.75) is 13.3 Å². The van der Waals surface area contributed by atoms with Gasteiger partial charge in [-0.15, -0.1) is 0 Å². The van der Waals surface area contributed by atoms with E-state index < -0.39 is 5.97 Å². The number of aliphatic carboxylic acids is 1. The van der Waals surface area contributed by atoms with Crippen LogP contribution in [0, 0.1) is 6.92 Å². The van der Waals surface area contributed by atoms with Crippen LogP contribution in [0.15, 0.2) is 28.7 Å². The molecule has 0 saturated carbocycles. The Hall–Kier alpha value is -1.42. The van der Waals surface area contributed by atoms with Gasteiger partial charge in [0, 0.05) is 15.6 Å². The number of carbonyl (C=O) groups is 1. The third-order valence-corrected chi connectivity index (χ3v) is 2.82. The standard InChI is InChI=1S/C12H10BrNO2/c1-7-4-8(5-12(15)16)10-6-9(13)2-3-11(10)14-7/h2-4,6H,5H2,1H3,(H,15,16). The lowest BCUT2D eigenvalue weighted by atomic mass is 10.1. The van der Waals surface area contributed by atoms with Crippen molar-refractivity contribution in [3.8, 4) is 0 Å². The normalized spacial score (nSPS) is 10.6. The SMILES string of the molecule is Cc1cc(CC(=O)O)c2cc(Br)ccc2n1. The number of carboxylic acid groups (broad SMARTS) is 1. The number of hydrogen-bond donors (Lipinski definition) is 1. The van der Waals surface area contributed by atoms with Crippen LogP contribution in [0.2, 0.25) is 0 Å². The van der Waals surface area contributed by atoms with Crippen molar-refractivity contribution >= 4 is 32.8 Å². The van der Waals surface area contributed by atoms with Gasteiger partial charge in [0.1, 0.15) is 0 Å². The Balaban J connectivity index is 2.69. The topological polar surface area (TPSA) is 50.2 Å². The molecule has 0 radical (unpaired) electrons. The van der Waals surface area contributed by atoms with Crippen LogP contribution in [-0.4, -0.2) is 16.1 Å². The molecule has 0 atom stereocenters. The summed E-state index contributed by atoms with van der Waals surface area (Å²) in [5.41, 5.74) is 2.47. The molecule has 16 heavy (non-hydrogen) atoms. The second-order valence-electron chi connectivity index (χ2n) is 3.65. The molecule has 0 amide bonds. The van der Waals surface area contributed by atoms with Crippen molar-refractivity contribution < 1.29 is 9.90 Å². The van der Waals surface area contributed by atoms with Crippen LogP contribution in [0.4, 0.5) is 0 Å². The molecular formula is C12H10BrNO2. The van der Waals surface area contributed by atoms with Gasteiger partial charge in [-0.2, -0.15) is 0 Å². The highest BCUT2D eigenvalue weighted by Crippen LogP contribution is 2.23. The largest absolute Gasteiger partial charge is 0.481 e. The number of halogens is 1. The molecule has 0 saturated heterocycles. The minimum absolute atomic E-state index is 0.0241. The zero-order chi connectivity index (χ0) is 11.7. The molecule has 0 bridgehead atoms. The Bertz CT molecular complexity index is 566. The van der Waals surface area contributed by atoms with Gasteiger partial charge in [-0.1, -0.05) is 15.9 Å². The van der Waals surface area contributed by atoms with Crippen LogP contribution in [0.1, 0.15) is 11.3 Å². The average molecular weight is 280 g/mol. The first-order chi connectivity index (χ1) is 7.56. The molecule has 0 spiro atoms. The van der Waals surface area contributed by atoms with Crippen molar-refractivity contribution in [3.05, 3.63) is 40.0 Å². The fraction of sp³-hybridized carbons (Fsp3) is 0.167. The molecule has 0 fully saturated rings. The summed E-state index contributed by atoms with van der Waals surface area (Å²) in [5, 5.41) is 9.75. The summed E-state index contributed by atoms with van der Waals surface area (Å²) in [6, 6.07) is 7.51. The number of carboxylic acids is 1. The second-order valence-corrected chi connectivity index (χ2v) is 4.57. The monoisotopic (exact) mass is 279 g/mol. The molecule has 0 unspecified atom stereocenters. The Morgan fingerprint density at radius 1 is 1.44 bits per heavy atom. The zero-order valence-electron chi connectivity index (χ0n) is 8.70. The summed E-state index contributed by atoms with van der Waals surface area (Å²) in [4.78, 5) is 15.1. The Labute approximate surface area is 101 Å². The maximum absolute atomic E-state index is 10.8. The quantitative estimate of drug-likeness (QED) is 0.920. The van der Waals surface area contributed by atoms with Crippen LogP contribution in [0.3, 0.4) is 0 Å². The number of fused-ring (bicyclic) bond motifs is 1. The van der Waals surface area contributed by atoms with E-state index in [0.29, 0.717) is 0 Å². The van der Waals surface area contributed by atoms with E-state index in [-0.39, 0.29) is 6.42 Å². The highest BCUT2D eigenvalue weighted by Gasteiger charge is 2.08. The molecular weight excluding hydrogens is 270 g/mol. The number of aryl methyl sites for hydroxylation is 1. The number of nitrogens with zero attached hydrogens (tertiary/aromatic N) is 1. The maximum Gasteiger partial charge on any atom is 0.307 e. The predicted molar refractivity (Wildman–Crippen MR) is 65.5 cm³/mol. The van der Waals surface area contributed by atoms with Gasteiger partial charge < -0.3 is 5.11 Å². The van der Waals surface area contributed by atoms with E-state index in [1.807, 2.05) is 31.2 Å². The number of hydrogen-bond acceptors (Lipinski definition) is 2. The highest BCUT2D eigenvalue weighted by atomic mass is 79.9.